The number of carboxylic acid groups (broad SMARTS) is 1. The molecule has 8 nitrogen and oxygen atoms in total. The summed E-state index contributed by atoms with van der Waals surface area (Å²) in [5.74, 6) is -1.56. The molecule has 0 aromatic heterocycles. The van der Waals surface area contributed by atoms with Crippen LogP contribution in [-0.2, 0) is 16.2 Å². The number of sulfonamides is 1. The molecule has 1 atom stereocenters. The van der Waals surface area contributed by atoms with E-state index in [-0.39, 0.29) is 29.2 Å². The molecule has 0 radical (unpaired) electrons. The minimum Gasteiger partial charge on any atom is -0.495 e. The van der Waals surface area contributed by atoms with Gasteiger partial charge < -0.3 is 19.8 Å². The number of piperidine rings is 1. The molecule has 180 valence electrons. The van der Waals surface area contributed by atoms with Crippen LogP contribution in [0.15, 0.2) is 41.3 Å². The average molecular weight is 488 g/mol. The van der Waals surface area contributed by atoms with Gasteiger partial charge in [-0.1, -0.05) is 0 Å². The molecule has 1 heterocycles. The molecule has 1 fully saturated rings. The van der Waals surface area contributed by atoms with E-state index in [1.807, 2.05) is 0 Å². The lowest BCUT2D eigenvalue weighted by molar-refractivity contribution is -0.137. The minimum atomic E-state index is -4.73. The van der Waals surface area contributed by atoms with Crippen LogP contribution in [-0.4, -0.2) is 50.4 Å². The Morgan fingerprint density at radius 2 is 1.91 bits per heavy atom. The number of β-amino-alcohol motifs (C(OH)–C–C–N with tert-alkyl or cyclic N) is 1. The first-order valence-electron chi connectivity index (χ1n) is 9.86. The summed E-state index contributed by atoms with van der Waals surface area (Å²) in [5, 5.41) is 19.6. The van der Waals surface area contributed by atoms with Crippen molar-refractivity contribution in [2.24, 2.45) is 0 Å². The Morgan fingerprint density at radius 1 is 1.21 bits per heavy atom. The highest BCUT2D eigenvalue weighted by Gasteiger charge is 2.34. The molecule has 12 heteroatoms. The van der Waals surface area contributed by atoms with Gasteiger partial charge in [-0.2, -0.15) is 13.2 Å². The number of nitrogens with zero attached hydrogens (tertiary/aromatic N) is 1. The second-order valence-electron chi connectivity index (χ2n) is 8.03. The second kappa shape index (κ2) is 8.75. The first-order valence-corrected chi connectivity index (χ1v) is 11.3. The van der Waals surface area contributed by atoms with Crippen LogP contribution < -0.4 is 14.4 Å². The number of carbonyl (C=O) groups is 1. The average Bonchev–Trinajstić information content (AvgIpc) is 2.71. The third-order valence-electron chi connectivity index (χ3n) is 5.28. The Bertz CT molecular complexity index is 1170. The van der Waals surface area contributed by atoms with Crippen LogP contribution in [0.4, 0.5) is 24.5 Å². The number of anilines is 2. The molecule has 2 aromatic rings. The van der Waals surface area contributed by atoms with Crippen LogP contribution in [0.3, 0.4) is 0 Å². The lowest BCUT2D eigenvalue weighted by Crippen LogP contribution is -2.46. The van der Waals surface area contributed by atoms with Crippen molar-refractivity contribution in [1.82, 2.24) is 0 Å². The smallest absolute Gasteiger partial charge is 0.416 e. The predicted molar refractivity (Wildman–Crippen MR) is 114 cm³/mol. The molecule has 1 aliphatic heterocycles. The van der Waals surface area contributed by atoms with Crippen molar-refractivity contribution < 1.29 is 41.3 Å². The summed E-state index contributed by atoms with van der Waals surface area (Å²) in [6.07, 6.45) is -3.69. The molecule has 3 rings (SSSR count). The number of carboxylic acids is 1. The number of ether oxygens (including phenoxy) is 1. The fourth-order valence-corrected chi connectivity index (χ4v) is 4.98. The number of benzene rings is 2. The number of methoxy groups -OCH3 is 1. The molecule has 33 heavy (non-hydrogen) atoms. The number of alkyl halides is 3. The van der Waals surface area contributed by atoms with Gasteiger partial charge in [0.15, 0.2) is 0 Å². The summed E-state index contributed by atoms with van der Waals surface area (Å²) in [6, 6.07) is 5.81. The van der Waals surface area contributed by atoms with E-state index in [1.54, 1.807) is 11.8 Å². The van der Waals surface area contributed by atoms with Crippen LogP contribution in [0, 0.1) is 0 Å². The number of halogens is 3. The van der Waals surface area contributed by atoms with Gasteiger partial charge in [0.1, 0.15) is 10.6 Å². The number of hydrogen-bond donors (Lipinski definition) is 3. The maximum absolute atomic E-state index is 13.4. The van der Waals surface area contributed by atoms with Crippen LogP contribution in [0.1, 0.15) is 35.7 Å². The highest BCUT2D eigenvalue weighted by Crippen LogP contribution is 2.39. The van der Waals surface area contributed by atoms with E-state index in [4.69, 9.17) is 4.74 Å². The number of aliphatic hydroxyl groups is 1. The van der Waals surface area contributed by atoms with Crippen molar-refractivity contribution in [2.45, 2.75) is 36.4 Å². The predicted octanol–water partition coefficient (Wildman–Crippen LogP) is 3.56. The van der Waals surface area contributed by atoms with E-state index in [0.717, 1.165) is 30.3 Å². The van der Waals surface area contributed by atoms with Crippen molar-refractivity contribution in [1.29, 1.82) is 0 Å². The number of aromatic carboxylic acids is 1. The SMILES string of the molecule is COc1ccc(C(=O)O)cc1S(=O)(=O)Nc1cc(C(F)(F)F)ccc1N1CCCC(C)(O)C1. The van der Waals surface area contributed by atoms with Gasteiger partial charge in [-0.25, -0.2) is 13.2 Å². The number of hydrogen-bond acceptors (Lipinski definition) is 6. The summed E-state index contributed by atoms with van der Waals surface area (Å²) in [6.45, 7) is 2.08. The minimum absolute atomic E-state index is 0.0882. The van der Waals surface area contributed by atoms with E-state index < -0.39 is 38.2 Å². The fraction of sp³-hybridized carbons (Fsp3) is 0.381. The monoisotopic (exact) mass is 488 g/mol. The van der Waals surface area contributed by atoms with Gasteiger partial charge in [-0.3, -0.25) is 4.72 Å². The molecule has 0 saturated carbocycles. The maximum Gasteiger partial charge on any atom is 0.416 e. The van der Waals surface area contributed by atoms with Gasteiger partial charge in [0.2, 0.25) is 0 Å². The van der Waals surface area contributed by atoms with Crippen LogP contribution >= 0.6 is 0 Å². The first kappa shape index (κ1) is 24.6. The van der Waals surface area contributed by atoms with E-state index in [2.05, 4.69) is 4.72 Å². The third kappa shape index (κ3) is 5.50. The Morgan fingerprint density at radius 3 is 2.48 bits per heavy atom. The molecule has 3 N–H and O–H groups in total. The van der Waals surface area contributed by atoms with Crippen LogP contribution in [0.2, 0.25) is 0 Å². The van der Waals surface area contributed by atoms with Crippen LogP contribution in [0.5, 0.6) is 5.75 Å². The second-order valence-corrected chi connectivity index (χ2v) is 9.68. The lowest BCUT2D eigenvalue weighted by atomic mass is 9.94. The standard InChI is InChI=1S/C21H23F3N2O6S/c1-20(29)8-3-9-26(12-20)16-6-5-14(21(22,23)24)11-15(16)25-33(30,31)18-10-13(19(27)28)4-7-17(18)32-2/h4-7,10-11,25,29H,3,8-9,12H2,1-2H3,(H,27,28). The van der Waals surface area contributed by atoms with E-state index in [1.165, 1.54) is 7.11 Å². The zero-order valence-electron chi connectivity index (χ0n) is 17.8. The molecule has 1 unspecified atom stereocenters. The topological polar surface area (TPSA) is 116 Å². The van der Waals surface area contributed by atoms with Gasteiger partial charge in [0.25, 0.3) is 10.0 Å². The molecule has 1 saturated heterocycles. The Balaban J connectivity index is 2.11. The van der Waals surface area contributed by atoms with E-state index >= 15 is 0 Å². The zero-order valence-corrected chi connectivity index (χ0v) is 18.6. The number of nitrogens with one attached hydrogen (secondary N) is 1. The van der Waals surface area contributed by atoms with Gasteiger partial charge in [0, 0.05) is 13.1 Å². The molecular formula is C21H23F3N2O6S. The first-order chi connectivity index (χ1) is 15.2. The Hall–Kier alpha value is -2.99. The zero-order chi connectivity index (χ0) is 24.6. The summed E-state index contributed by atoms with van der Waals surface area (Å²) in [5.41, 5.74) is -2.72. The molecule has 0 bridgehead atoms. The molecule has 0 aliphatic carbocycles. The molecule has 1 aliphatic rings. The highest BCUT2D eigenvalue weighted by molar-refractivity contribution is 7.92. The quantitative estimate of drug-likeness (QED) is 0.569. The van der Waals surface area contributed by atoms with Gasteiger partial charge in [-0.15, -0.1) is 0 Å². The van der Waals surface area contributed by atoms with E-state index in [9.17, 15) is 36.6 Å². The lowest BCUT2D eigenvalue weighted by Gasteiger charge is -2.39. The summed E-state index contributed by atoms with van der Waals surface area (Å²) in [4.78, 5) is 12.4. The molecular weight excluding hydrogens is 465 g/mol. The summed E-state index contributed by atoms with van der Waals surface area (Å²) >= 11 is 0. The number of rotatable bonds is 6. The Labute approximate surface area is 188 Å². The largest absolute Gasteiger partial charge is 0.495 e. The maximum atomic E-state index is 13.4. The normalized spacial score (nSPS) is 19.3. The van der Waals surface area contributed by atoms with Crippen molar-refractivity contribution in [3.8, 4) is 5.75 Å². The Kier molecular flexibility index (Phi) is 6.53. The fourth-order valence-electron chi connectivity index (χ4n) is 3.72. The van der Waals surface area contributed by atoms with Gasteiger partial charge >= 0.3 is 12.1 Å². The van der Waals surface area contributed by atoms with Crippen molar-refractivity contribution in [2.75, 3.05) is 29.8 Å². The van der Waals surface area contributed by atoms with Crippen molar-refractivity contribution >= 4 is 27.4 Å². The van der Waals surface area contributed by atoms with Gasteiger partial charge in [0.05, 0.1) is 35.2 Å². The van der Waals surface area contributed by atoms with Crippen molar-refractivity contribution in [3.05, 3.63) is 47.5 Å². The van der Waals surface area contributed by atoms with Crippen LogP contribution in [0.25, 0.3) is 0 Å². The third-order valence-corrected chi connectivity index (χ3v) is 6.67. The summed E-state index contributed by atoms with van der Waals surface area (Å²) < 4.78 is 73.6. The van der Waals surface area contributed by atoms with Gasteiger partial charge in [-0.05, 0) is 56.2 Å². The summed E-state index contributed by atoms with van der Waals surface area (Å²) in [7, 11) is -3.38. The molecule has 0 amide bonds. The highest BCUT2D eigenvalue weighted by atomic mass is 32.2. The van der Waals surface area contributed by atoms with E-state index in [0.29, 0.717) is 25.5 Å². The molecule has 0 spiro atoms. The van der Waals surface area contributed by atoms with Crippen molar-refractivity contribution in [3.63, 3.8) is 0 Å². The molecule has 2 aromatic carbocycles.